The van der Waals surface area contributed by atoms with Gasteiger partial charge in [-0.15, -0.1) is 0 Å². The number of hydrogen-bond donors (Lipinski definition) is 0. The Kier molecular flexibility index (Phi) is 7.07. The molecule has 1 aliphatic heterocycles. The average molecular weight is 276 g/mol. The summed E-state index contributed by atoms with van der Waals surface area (Å²) in [6.45, 7) is 1.97. The van der Waals surface area contributed by atoms with Crippen LogP contribution < -0.4 is 0 Å². The van der Waals surface area contributed by atoms with Gasteiger partial charge >= 0.3 is 0 Å². The van der Waals surface area contributed by atoms with Crippen molar-refractivity contribution in [1.82, 2.24) is 4.90 Å². The van der Waals surface area contributed by atoms with Gasteiger partial charge in [0.1, 0.15) is 0 Å². The second-order valence-corrected chi connectivity index (χ2v) is 5.09. The summed E-state index contributed by atoms with van der Waals surface area (Å²) >= 11 is 3.43. The van der Waals surface area contributed by atoms with Crippen LogP contribution in [-0.4, -0.2) is 29.2 Å². The Labute approximate surface area is 102 Å². The van der Waals surface area contributed by atoms with Crippen molar-refractivity contribution in [3.05, 3.63) is 0 Å². The van der Waals surface area contributed by atoms with Crippen LogP contribution in [0.4, 0.5) is 0 Å². The van der Waals surface area contributed by atoms with Crippen molar-refractivity contribution in [2.75, 3.05) is 18.4 Å². The molecule has 0 aromatic rings. The third kappa shape index (κ3) is 5.55. The second-order valence-electron chi connectivity index (χ2n) is 4.29. The van der Waals surface area contributed by atoms with Crippen LogP contribution >= 0.6 is 15.9 Å². The smallest absolute Gasteiger partial charge is 0.222 e. The molecule has 0 unspecified atom stereocenters. The van der Waals surface area contributed by atoms with Gasteiger partial charge < -0.3 is 4.90 Å². The summed E-state index contributed by atoms with van der Waals surface area (Å²) in [6.07, 6.45) is 9.22. The number of hydrogen-bond acceptors (Lipinski definition) is 1. The lowest BCUT2D eigenvalue weighted by Crippen LogP contribution is -2.33. The molecule has 0 atom stereocenters. The Bertz CT molecular complexity index is 184. The second kappa shape index (κ2) is 8.14. The molecule has 15 heavy (non-hydrogen) atoms. The van der Waals surface area contributed by atoms with Crippen LogP contribution in [0.2, 0.25) is 0 Å². The van der Waals surface area contributed by atoms with Crippen molar-refractivity contribution in [2.45, 2.75) is 51.4 Å². The number of rotatable bonds is 5. The molecule has 0 N–H and O–H groups in total. The summed E-state index contributed by atoms with van der Waals surface area (Å²) in [4.78, 5) is 13.8. The van der Waals surface area contributed by atoms with Gasteiger partial charge in [-0.25, -0.2) is 0 Å². The highest BCUT2D eigenvalue weighted by Gasteiger charge is 2.14. The van der Waals surface area contributed by atoms with E-state index in [1.807, 2.05) is 0 Å². The Balaban J connectivity index is 2.20. The molecule has 88 valence electrons. The monoisotopic (exact) mass is 275 g/mol. The Morgan fingerprint density at radius 2 is 1.87 bits per heavy atom. The highest BCUT2D eigenvalue weighted by molar-refractivity contribution is 9.09. The molecular weight excluding hydrogens is 254 g/mol. The normalized spacial score (nSPS) is 18.7. The van der Waals surface area contributed by atoms with Crippen LogP contribution in [0, 0.1) is 0 Å². The molecular formula is C12H22BrNO. The SMILES string of the molecule is O=C1CCCCCCN1CCCCCBr. The zero-order valence-corrected chi connectivity index (χ0v) is 11.1. The molecule has 0 saturated carbocycles. The van der Waals surface area contributed by atoms with Gasteiger partial charge in [-0.05, 0) is 25.7 Å². The first kappa shape index (κ1) is 13.0. The quantitative estimate of drug-likeness (QED) is 0.557. The minimum atomic E-state index is 0.383. The van der Waals surface area contributed by atoms with Crippen molar-refractivity contribution in [3.8, 4) is 0 Å². The third-order valence-corrected chi connectivity index (χ3v) is 3.54. The molecule has 1 saturated heterocycles. The van der Waals surface area contributed by atoms with Crippen LogP contribution in [0.15, 0.2) is 0 Å². The lowest BCUT2D eigenvalue weighted by atomic mass is 10.1. The van der Waals surface area contributed by atoms with Gasteiger partial charge in [0, 0.05) is 24.8 Å². The third-order valence-electron chi connectivity index (χ3n) is 2.98. The van der Waals surface area contributed by atoms with Gasteiger partial charge in [0.25, 0.3) is 0 Å². The number of alkyl halides is 1. The van der Waals surface area contributed by atoms with E-state index in [-0.39, 0.29) is 0 Å². The molecule has 0 aromatic carbocycles. The standard InChI is InChI=1S/C12H22BrNO/c13-9-5-3-7-11-14-10-6-2-1-4-8-12(14)15/h1-11H2. The number of amides is 1. The highest BCUT2D eigenvalue weighted by Crippen LogP contribution is 2.12. The summed E-state index contributed by atoms with van der Waals surface area (Å²) in [7, 11) is 0. The Hall–Kier alpha value is -0.0500. The first-order valence-electron chi connectivity index (χ1n) is 6.18. The van der Waals surface area contributed by atoms with Crippen molar-refractivity contribution in [2.24, 2.45) is 0 Å². The molecule has 0 radical (unpaired) electrons. The van der Waals surface area contributed by atoms with Gasteiger partial charge in [0.2, 0.25) is 5.91 Å². The van der Waals surface area contributed by atoms with Crippen LogP contribution in [0.3, 0.4) is 0 Å². The minimum absolute atomic E-state index is 0.383. The first-order chi connectivity index (χ1) is 7.34. The maximum absolute atomic E-state index is 11.7. The molecule has 0 spiro atoms. The lowest BCUT2D eigenvalue weighted by Gasteiger charge is -2.24. The van der Waals surface area contributed by atoms with E-state index < -0.39 is 0 Å². The van der Waals surface area contributed by atoms with Crippen molar-refractivity contribution in [1.29, 1.82) is 0 Å². The van der Waals surface area contributed by atoms with E-state index in [2.05, 4.69) is 20.8 Å². The number of nitrogens with zero attached hydrogens (tertiary/aromatic N) is 1. The maximum Gasteiger partial charge on any atom is 0.222 e. The molecule has 0 aliphatic carbocycles. The fourth-order valence-corrected chi connectivity index (χ4v) is 2.42. The number of unbranched alkanes of at least 4 members (excludes halogenated alkanes) is 2. The van der Waals surface area contributed by atoms with E-state index in [0.29, 0.717) is 5.91 Å². The lowest BCUT2D eigenvalue weighted by molar-refractivity contribution is -0.131. The van der Waals surface area contributed by atoms with Crippen LogP contribution in [-0.2, 0) is 4.79 Å². The van der Waals surface area contributed by atoms with E-state index in [4.69, 9.17) is 0 Å². The predicted molar refractivity (Wildman–Crippen MR) is 67.3 cm³/mol. The van der Waals surface area contributed by atoms with Crippen molar-refractivity contribution >= 4 is 21.8 Å². The van der Waals surface area contributed by atoms with Crippen molar-refractivity contribution < 1.29 is 4.79 Å². The molecule has 1 rings (SSSR count). The molecule has 1 fully saturated rings. The van der Waals surface area contributed by atoms with Gasteiger partial charge in [-0.2, -0.15) is 0 Å². The minimum Gasteiger partial charge on any atom is -0.343 e. The topological polar surface area (TPSA) is 20.3 Å². The van der Waals surface area contributed by atoms with E-state index in [9.17, 15) is 4.79 Å². The summed E-state index contributed by atoms with van der Waals surface area (Å²) in [5.74, 6) is 0.383. The fourth-order valence-electron chi connectivity index (χ4n) is 2.03. The fraction of sp³-hybridized carbons (Fsp3) is 0.917. The summed E-state index contributed by atoms with van der Waals surface area (Å²) in [5, 5.41) is 1.08. The van der Waals surface area contributed by atoms with Crippen LogP contribution in [0.25, 0.3) is 0 Å². The zero-order chi connectivity index (χ0) is 10.9. The van der Waals surface area contributed by atoms with Gasteiger partial charge in [-0.1, -0.05) is 35.2 Å². The van der Waals surface area contributed by atoms with E-state index >= 15 is 0 Å². The van der Waals surface area contributed by atoms with E-state index in [0.717, 1.165) is 37.7 Å². The Morgan fingerprint density at radius 1 is 1.07 bits per heavy atom. The highest BCUT2D eigenvalue weighted by atomic mass is 79.9. The van der Waals surface area contributed by atoms with E-state index in [1.54, 1.807) is 0 Å². The van der Waals surface area contributed by atoms with Gasteiger partial charge in [-0.3, -0.25) is 4.79 Å². The maximum atomic E-state index is 11.7. The largest absolute Gasteiger partial charge is 0.343 e. The molecule has 1 aliphatic rings. The number of carbonyl (C=O) groups excluding carboxylic acids is 1. The number of likely N-dealkylation sites (tertiary alicyclic amines) is 1. The van der Waals surface area contributed by atoms with E-state index in [1.165, 1.54) is 32.1 Å². The first-order valence-corrected chi connectivity index (χ1v) is 7.30. The summed E-state index contributed by atoms with van der Waals surface area (Å²) < 4.78 is 0. The van der Waals surface area contributed by atoms with Gasteiger partial charge in [0.05, 0.1) is 0 Å². The number of halogens is 1. The molecule has 1 amide bonds. The predicted octanol–water partition coefficient (Wildman–Crippen LogP) is 3.34. The van der Waals surface area contributed by atoms with Gasteiger partial charge in [0.15, 0.2) is 0 Å². The summed E-state index contributed by atoms with van der Waals surface area (Å²) in [5.41, 5.74) is 0. The molecule has 2 nitrogen and oxygen atoms in total. The van der Waals surface area contributed by atoms with Crippen LogP contribution in [0.5, 0.6) is 0 Å². The molecule has 0 aromatic heterocycles. The molecule has 1 heterocycles. The number of carbonyl (C=O) groups is 1. The molecule has 0 bridgehead atoms. The molecule has 3 heteroatoms. The van der Waals surface area contributed by atoms with Crippen molar-refractivity contribution in [3.63, 3.8) is 0 Å². The Morgan fingerprint density at radius 3 is 2.67 bits per heavy atom. The summed E-state index contributed by atoms with van der Waals surface area (Å²) in [6, 6.07) is 0. The average Bonchev–Trinajstić information content (AvgIpc) is 2.22. The zero-order valence-electron chi connectivity index (χ0n) is 9.51. The van der Waals surface area contributed by atoms with Crippen LogP contribution in [0.1, 0.15) is 51.4 Å².